The number of H-pyrrole nitrogens is 1. The fraction of sp³-hybridized carbons (Fsp3) is 0.389. The molecule has 4 heterocycles. The Bertz CT molecular complexity index is 998. The van der Waals surface area contributed by atoms with Crippen LogP contribution < -0.4 is 0 Å². The van der Waals surface area contributed by atoms with Gasteiger partial charge in [0.1, 0.15) is 12.1 Å². The zero-order valence-corrected chi connectivity index (χ0v) is 15.5. The van der Waals surface area contributed by atoms with Crippen LogP contribution in [0.1, 0.15) is 25.8 Å². The van der Waals surface area contributed by atoms with Gasteiger partial charge >= 0.3 is 0 Å². The van der Waals surface area contributed by atoms with Crippen LogP contribution >= 0.6 is 15.9 Å². The molecule has 0 aliphatic carbocycles. The first kappa shape index (κ1) is 16.2. The van der Waals surface area contributed by atoms with Crippen molar-refractivity contribution in [1.29, 1.82) is 5.26 Å². The number of nitriles is 1. The Hall–Kier alpha value is -2.33. The van der Waals surface area contributed by atoms with Crippen molar-refractivity contribution in [3.8, 4) is 6.07 Å². The first-order valence-electron chi connectivity index (χ1n) is 8.37. The van der Waals surface area contributed by atoms with Crippen molar-refractivity contribution in [3.05, 3.63) is 29.1 Å². The lowest BCUT2D eigenvalue weighted by Crippen LogP contribution is -2.43. The van der Waals surface area contributed by atoms with Crippen LogP contribution in [0.3, 0.4) is 0 Å². The van der Waals surface area contributed by atoms with Gasteiger partial charge in [0.2, 0.25) is 5.91 Å². The van der Waals surface area contributed by atoms with Gasteiger partial charge in [0.25, 0.3) is 0 Å². The Labute approximate surface area is 153 Å². The van der Waals surface area contributed by atoms with E-state index in [-0.39, 0.29) is 18.4 Å². The molecule has 1 aliphatic rings. The van der Waals surface area contributed by atoms with Gasteiger partial charge in [-0.05, 0) is 34.3 Å². The Morgan fingerprint density at radius 1 is 1.56 bits per heavy atom. The number of aromatic nitrogens is 3. The van der Waals surface area contributed by atoms with Crippen LogP contribution in [0.5, 0.6) is 0 Å². The van der Waals surface area contributed by atoms with Crippen molar-refractivity contribution in [2.24, 2.45) is 5.92 Å². The molecule has 1 fully saturated rings. The van der Waals surface area contributed by atoms with Gasteiger partial charge < -0.3 is 14.5 Å². The van der Waals surface area contributed by atoms with Gasteiger partial charge in [-0.3, -0.25) is 4.79 Å². The van der Waals surface area contributed by atoms with Gasteiger partial charge in [0.05, 0.1) is 23.0 Å². The van der Waals surface area contributed by atoms with E-state index in [2.05, 4.69) is 49.7 Å². The molecule has 0 saturated carbocycles. The second kappa shape index (κ2) is 6.19. The number of halogens is 1. The van der Waals surface area contributed by atoms with Gasteiger partial charge in [-0.15, -0.1) is 0 Å². The SMILES string of the molecule is C[C@H]1CCN(C(=O)CC#N)C[C@H]1n1ccc2cnc3[nH]cc(Br)c3c21. The molecule has 1 N–H and O–H groups in total. The maximum absolute atomic E-state index is 12.2. The van der Waals surface area contributed by atoms with Gasteiger partial charge in [-0.25, -0.2) is 4.98 Å². The average Bonchev–Trinajstić information content (AvgIpc) is 3.19. The summed E-state index contributed by atoms with van der Waals surface area (Å²) in [6, 6.07) is 4.22. The molecule has 25 heavy (non-hydrogen) atoms. The summed E-state index contributed by atoms with van der Waals surface area (Å²) in [5.74, 6) is 0.369. The minimum Gasteiger partial charge on any atom is -0.345 e. The lowest BCUT2D eigenvalue weighted by atomic mass is 9.92. The number of amides is 1. The molecule has 3 aromatic heterocycles. The Balaban J connectivity index is 1.80. The number of pyridine rings is 1. The monoisotopic (exact) mass is 399 g/mol. The molecule has 2 atom stereocenters. The van der Waals surface area contributed by atoms with E-state index >= 15 is 0 Å². The zero-order valence-electron chi connectivity index (χ0n) is 13.9. The Morgan fingerprint density at radius 2 is 2.40 bits per heavy atom. The van der Waals surface area contributed by atoms with E-state index in [9.17, 15) is 4.79 Å². The highest BCUT2D eigenvalue weighted by atomic mass is 79.9. The molecule has 0 radical (unpaired) electrons. The maximum atomic E-state index is 12.2. The molecule has 0 unspecified atom stereocenters. The van der Waals surface area contributed by atoms with E-state index in [0.717, 1.165) is 39.4 Å². The molecule has 128 valence electrons. The van der Waals surface area contributed by atoms with Crippen molar-refractivity contribution in [2.75, 3.05) is 13.1 Å². The quantitative estimate of drug-likeness (QED) is 0.714. The van der Waals surface area contributed by atoms with Gasteiger partial charge in [-0.2, -0.15) is 5.26 Å². The van der Waals surface area contributed by atoms with Crippen LogP contribution in [0.25, 0.3) is 21.9 Å². The van der Waals surface area contributed by atoms with Crippen molar-refractivity contribution in [1.82, 2.24) is 19.4 Å². The van der Waals surface area contributed by atoms with Crippen molar-refractivity contribution >= 4 is 43.8 Å². The van der Waals surface area contributed by atoms with E-state index in [1.807, 2.05) is 23.4 Å². The summed E-state index contributed by atoms with van der Waals surface area (Å²) in [4.78, 5) is 21.7. The topological polar surface area (TPSA) is 77.7 Å². The molecule has 0 bridgehead atoms. The van der Waals surface area contributed by atoms with E-state index in [4.69, 9.17) is 5.26 Å². The molecular formula is C18H18BrN5O. The van der Waals surface area contributed by atoms with Gasteiger partial charge in [0.15, 0.2) is 0 Å². The van der Waals surface area contributed by atoms with Crippen molar-refractivity contribution in [3.63, 3.8) is 0 Å². The number of hydrogen-bond acceptors (Lipinski definition) is 3. The van der Waals surface area contributed by atoms with Crippen LogP contribution in [0.15, 0.2) is 29.1 Å². The summed E-state index contributed by atoms with van der Waals surface area (Å²) in [7, 11) is 0. The summed E-state index contributed by atoms with van der Waals surface area (Å²) in [5.41, 5.74) is 1.98. The highest BCUT2D eigenvalue weighted by Gasteiger charge is 2.31. The fourth-order valence-electron chi connectivity index (χ4n) is 3.78. The number of piperidine rings is 1. The fourth-order valence-corrected chi connectivity index (χ4v) is 4.27. The summed E-state index contributed by atoms with van der Waals surface area (Å²) >= 11 is 3.62. The second-order valence-electron chi connectivity index (χ2n) is 6.65. The average molecular weight is 400 g/mol. The number of aromatic amines is 1. The molecule has 6 nitrogen and oxygen atoms in total. The molecular weight excluding hydrogens is 382 g/mol. The minimum absolute atomic E-state index is 0.0505. The number of hydrogen-bond donors (Lipinski definition) is 1. The molecule has 4 rings (SSSR count). The number of nitrogens with one attached hydrogen (secondary N) is 1. The third kappa shape index (κ3) is 2.61. The maximum Gasteiger partial charge on any atom is 0.236 e. The van der Waals surface area contributed by atoms with Crippen LogP contribution in [0.2, 0.25) is 0 Å². The first-order chi connectivity index (χ1) is 12.1. The normalized spacial score (nSPS) is 20.9. The predicted octanol–water partition coefficient (Wildman–Crippen LogP) is 3.60. The van der Waals surface area contributed by atoms with Crippen LogP contribution in [-0.2, 0) is 4.79 Å². The predicted molar refractivity (Wildman–Crippen MR) is 98.9 cm³/mol. The number of rotatable bonds is 2. The van der Waals surface area contributed by atoms with E-state index < -0.39 is 0 Å². The molecule has 1 saturated heterocycles. The highest BCUT2D eigenvalue weighted by molar-refractivity contribution is 9.10. The first-order valence-corrected chi connectivity index (χ1v) is 9.16. The molecule has 3 aromatic rings. The lowest BCUT2D eigenvalue weighted by Gasteiger charge is -2.38. The smallest absolute Gasteiger partial charge is 0.236 e. The number of carbonyl (C=O) groups is 1. The third-order valence-electron chi connectivity index (χ3n) is 5.19. The minimum atomic E-state index is -0.0782. The van der Waals surface area contributed by atoms with E-state index in [1.54, 1.807) is 0 Å². The molecule has 7 heteroatoms. The summed E-state index contributed by atoms with van der Waals surface area (Å²) in [6.07, 6.45) is 6.75. The van der Waals surface area contributed by atoms with Crippen molar-refractivity contribution in [2.45, 2.75) is 25.8 Å². The van der Waals surface area contributed by atoms with Crippen LogP contribution in [0, 0.1) is 17.2 Å². The van der Waals surface area contributed by atoms with Crippen molar-refractivity contribution < 1.29 is 4.79 Å². The number of fused-ring (bicyclic) bond motifs is 3. The number of nitrogens with zero attached hydrogens (tertiary/aromatic N) is 4. The zero-order chi connectivity index (χ0) is 17.6. The largest absolute Gasteiger partial charge is 0.345 e. The summed E-state index contributed by atoms with van der Waals surface area (Å²) < 4.78 is 3.26. The lowest BCUT2D eigenvalue weighted by molar-refractivity contribution is -0.132. The Morgan fingerprint density at radius 3 is 3.20 bits per heavy atom. The second-order valence-corrected chi connectivity index (χ2v) is 7.51. The molecule has 1 amide bonds. The molecule has 1 aliphatic heterocycles. The summed E-state index contributed by atoms with van der Waals surface area (Å²) in [6.45, 7) is 3.59. The van der Waals surface area contributed by atoms with Gasteiger partial charge in [-0.1, -0.05) is 6.92 Å². The van der Waals surface area contributed by atoms with Crippen LogP contribution in [-0.4, -0.2) is 38.4 Å². The number of likely N-dealkylation sites (tertiary alicyclic amines) is 1. The van der Waals surface area contributed by atoms with Crippen LogP contribution in [0.4, 0.5) is 0 Å². The standard InChI is InChI=1S/C18H18BrN5O/c1-11-3-6-23(15(25)2-5-20)10-14(11)24-7-4-12-8-21-18-16(17(12)24)13(19)9-22-18/h4,7-9,11,14H,2-3,6,10H2,1H3,(H,21,22)/t11-,14+/m0/s1. The van der Waals surface area contributed by atoms with E-state index in [1.165, 1.54) is 0 Å². The third-order valence-corrected chi connectivity index (χ3v) is 5.81. The summed E-state index contributed by atoms with van der Waals surface area (Å²) in [5, 5.41) is 11.0. The Kier molecular flexibility index (Phi) is 4.00. The van der Waals surface area contributed by atoms with E-state index in [0.29, 0.717) is 12.5 Å². The molecule has 0 spiro atoms. The highest BCUT2D eigenvalue weighted by Crippen LogP contribution is 2.36. The molecule has 0 aromatic carbocycles. The number of carbonyl (C=O) groups excluding carboxylic acids is 1. The van der Waals surface area contributed by atoms with Gasteiger partial charge in [0, 0.05) is 41.5 Å².